The highest BCUT2D eigenvalue weighted by atomic mass is 16.3. The highest BCUT2D eigenvalue weighted by molar-refractivity contribution is 5.07. The monoisotopic (exact) mass is 183 g/mol. The predicted molar refractivity (Wildman–Crippen MR) is 53.2 cm³/mol. The van der Waals surface area contributed by atoms with Gasteiger partial charge in [0.15, 0.2) is 0 Å². The molecule has 1 unspecified atom stereocenters. The molecule has 2 nitrogen and oxygen atoms in total. The van der Waals surface area contributed by atoms with Gasteiger partial charge in [-0.15, -0.1) is 0 Å². The molecule has 0 amide bonds. The van der Waals surface area contributed by atoms with Crippen molar-refractivity contribution in [2.24, 2.45) is 28.9 Å². The lowest BCUT2D eigenvalue weighted by Gasteiger charge is -2.61. The molecule has 2 bridgehead atoms. The van der Waals surface area contributed by atoms with E-state index in [2.05, 4.69) is 13.8 Å². The molecule has 3 rings (SSSR count). The van der Waals surface area contributed by atoms with E-state index in [-0.39, 0.29) is 0 Å². The van der Waals surface area contributed by atoms with Crippen molar-refractivity contribution in [1.29, 1.82) is 0 Å². The summed E-state index contributed by atoms with van der Waals surface area (Å²) in [5.41, 5.74) is 6.69. The van der Waals surface area contributed by atoms with Crippen molar-refractivity contribution in [3.05, 3.63) is 0 Å². The van der Waals surface area contributed by atoms with Crippen LogP contribution in [0.3, 0.4) is 0 Å². The lowest BCUT2D eigenvalue weighted by molar-refractivity contribution is -0.107. The summed E-state index contributed by atoms with van der Waals surface area (Å²) >= 11 is 0. The molecular weight excluding hydrogens is 162 g/mol. The van der Waals surface area contributed by atoms with E-state index in [1.165, 1.54) is 12.8 Å². The molecule has 76 valence electrons. The van der Waals surface area contributed by atoms with Crippen molar-refractivity contribution in [3.8, 4) is 0 Å². The van der Waals surface area contributed by atoms with Crippen LogP contribution < -0.4 is 5.73 Å². The van der Waals surface area contributed by atoms with Gasteiger partial charge in [-0.1, -0.05) is 13.8 Å². The maximum Gasteiger partial charge on any atom is 0.0434 e. The maximum atomic E-state index is 8.91. The zero-order valence-corrected chi connectivity index (χ0v) is 8.66. The van der Waals surface area contributed by atoms with Gasteiger partial charge in [-0.2, -0.15) is 0 Å². The topological polar surface area (TPSA) is 46.2 Å². The van der Waals surface area contributed by atoms with Crippen LogP contribution in [0.1, 0.15) is 33.1 Å². The SMILES string of the molecule is CC1(C)[C@H]2CC(CCO)[C@@H](N)[C@@H]1C2. The fourth-order valence-corrected chi connectivity index (χ4v) is 3.44. The predicted octanol–water partition coefficient (Wildman–Crippen LogP) is 1.38. The van der Waals surface area contributed by atoms with E-state index in [4.69, 9.17) is 10.8 Å². The summed E-state index contributed by atoms with van der Waals surface area (Å²) in [5, 5.41) is 8.91. The number of aliphatic hydroxyl groups excluding tert-OH is 1. The Kier molecular flexibility index (Phi) is 2.16. The molecule has 3 saturated carbocycles. The van der Waals surface area contributed by atoms with Gasteiger partial charge < -0.3 is 10.8 Å². The Labute approximate surface area is 80.5 Å². The van der Waals surface area contributed by atoms with Gasteiger partial charge in [0.05, 0.1) is 0 Å². The molecule has 0 aromatic heterocycles. The number of rotatable bonds is 2. The van der Waals surface area contributed by atoms with Gasteiger partial charge in [0.2, 0.25) is 0 Å². The maximum absolute atomic E-state index is 8.91. The molecular formula is C11H21NO. The lowest BCUT2D eigenvalue weighted by atomic mass is 9.45. The third-order valence-corrected chi connectivity index (χ3v) is 4.64. The van der Waals surface area contributed by atoms with E-state index >= 15 is 0 Å². The Morgan fingerprint density at radius 3 is 2.54 bits per heavy atom. The molecule has 13 heavy (non-hydrogen) atoms. The second kappa shape index (κ2) is 2.96. The van der Waals surface area contributed by atoms with Crippen LogP contribution in [0.5, 0.6) is 0 Å². The minimum atomic E-state index is 0.304. The van der Waals surface area contributed by atoms with E-state index < -0.39 is 0 Å². The molecule has 0 spiro atoms. The molecule has 0 aromatic rings. The normalized spacial score (nSPS) is 47.1. The molecule has 0 aromatic carbocycles. The number of hydrogen-bond donors (Lipinski definition) is 2. The number of hydrogen-bond acceptors (Lipinski definition) is 2. The summed E-state index contributed by atoms with van der Waals surface area (Å²) < 4.78 is 0. The highest BCUT2D eigenvalue weighted by Crippen LogP contribution is 2.60. The van der Waals surface area contributed by atoms with E-state index in [1.54, 1.807) is 0 Å². The largest absolute Gasteiger partial charge is 0.396 e. The van der Waals surface area contributed by atoms with Crippen LogP contribution in [0.25, 0.3) is 0 Å². The van der Waals surface area contributed by atoms with Crippen molar-refractivity contribution >= 4 is 0 Å². The van der Waals surface area contributed by atoms with Gasteiger partial charge in [-0.25, -0.2) is 0 Å². The Bertz CT molecular complexity index is 202. The Morgan fingerprint density at radius 2 is 2.08 bits per heavy atom. The molecule has 0 aliphatic heterocycles. The van der Waals surface area contributed by atoms with Crippen LogP contribution in [0.15, 0.2) is 0 Å². The summed E-state index contributed by atoms with van der Waals surface area (Å²) in [6, 6.07) is 0.340. The second-order valence-corrected chi connectivity index (χ2v) is 5.45. The quantitative estimate of drug-likeness (QED) is 0.679. The minimum Gasteiger partial charge on any atom is -0.396 e. The molecule has 3 N–H and O–H groups in total. The minimum absolute atomic E-state index is 0.304. The molecule has 2 heteroatoms. The van der Waals surface area contributed by atoms with Crippen molar-refractivity contribution in [3.63, 3.8) is 0 Å². The third-order valence-electron chi connectivity index (χ3n) is 4.64. The molecule has 0 heterocycles. The Balaban J connectivity index is 2.03. The van der Waals surface area contributed by atoms with E-state index in [1.807, 2.05) is 0 Å². The smallest absolute Gasteiger partial charge is 0.0434 e. The van der Waals surface area contributed by atoms with E-state index in [9.17, 15) is 0 Å². The van der Waals surface area contributed by atoms with Crippen LogP contribution in [0, 0.1) is 23.2 Å². The van der Waals surface area contributed by atoms with Crippen molar-refractivity contribution in [2.75, 3.05) is 6.61 Å². The van der Waals surface area contributed by atoms with Crippen molar-refractivity contribution < 1.29 is 5.11 Å². The van der Waals surface area contributed by atoms with Gasteiger partial charge in [-0.3, -0.25) is 0 Å². The highest BCUT2D eigenvalue weighted by Gasteiger charge is 2.56. The van der Waals surface area contributed by atoms with Gasteiger partial charge in [0.1, 0.15) is 0 Å². The first-order chi connectivity index (χ1) is 6.07. The van der Waals surface area contributed by atoms with E-state index in [0.717, 1.165) is 12.3 Å². The van der Waals surface area contributed by atoms with E-state index in [0.29, 0.717) is 29.9 Å². The molecule has 0 radical (unpaired) electrons. The fourth-order valence-electron chi connectivity index (χ4n) is 3.44. The van der Waals surface area contributed by atoms with Crippen molar-refractivity contribution in [1.82, 2.24) is 0 Å². The molecule has 3 fully saturated rings. The van der Waals surface area contributed by atoms with Crippen LogP contribution in [-0.4, -0.2) is 17.8 Å². The third kappa shape index (κ3) is 1.23. The van der Waals surface area contributed by atoms with Crippen LogP contribution in [-0.2, 0) is 0 Å². The summed E-state index contributed by atoms with van der Waals surface area (Å²) in [6.45, 7) is 5.00. The fraction of sp³-hybridized carbons (Fsp3) is 1.00. The average Bonchev–Trinajstić information content (AvgIpc) is 2.08. The Hall–Kier alpha value is -0.0800. The molecule has 3 aliphatic rings. The summed E-state index contributed by atoms with van der Waals surface area (Å²) in [7, 11) is 0. The number of fused-ring (bicyclic) bond motifs is 2. The van der Waals surface area contributed by atoms with Gasteiger partial charge in [-0.05, 0) is 42.4 Å². The lowest BCUT2D eigenvalue weighted by Crippen LogP contribution is -2.61. The standard InChI is InChI=1S/C11H21NO/c1-11(2)8-5-7(3-4-13)10(12)9(11)6-8/h7-10,13H,3-6,12H2,1-2H3/t7?,8-,9-,10+/m0/s1. The van der Waals surface area contributed by atoms with Crippen LogP contribution in [0.2, 0.25) is 0 Å². The first-order valence-electron chi connectivity index (χ1n) is 5.43. The summed E-state index contributed by atoms with van der Waals surface area (Å²) in [4.78, 5) is 0. The van der Waals surface area contributed by atoms with Gasteiger partial charge in [0.25, 0.3) is 0 Å². The molecule has 3 aliphatic carbocycles. The van der Waals surface area contributed by atoms with Crippen LogP contribution in [0.4, 0.5) is 0 Å². The number of aliphatic hydroxyl groups is 1. The zero-order chi connectivity index (χ0) is 9.64. The zero-order valence-electron chi connectivity index (χ0n) is 8.66. The second-order valence-electron chi connectivity index (χ2n) is 5.45. The summed E-state index contributed by atoms with van der Waals surface area (Å²) in [6.07, 6.45) is 3.48. The van der Waals surface area contributed by atoms with Crippen molar-refractivity contribution in [2.45, 2.75) is 39.2 Å². The number of nitrogens with two attached hydrogens (primary N) is 1. The summed E-state index contributed by atoms with van der Waals surface area (Å²) in [5.74, 6) is 2.17. The first kappa shape index (κ1) is 9.47. The van der Waals surface area contributed by atoms with Crippen LogP contribution >= 0.6 is 0 Å². The first-order valence-corrected chi connectivity index (χ1v) is 5.43. The molecule has 0 saturated heterocycles. The Morgan fingerprint density at radius 1 is 1.38 bits per heavy atom. The van der Waals surface area contributed by atoms with Gasteiger partial charge in [0, 0.05) is 12.6 Å². The molecule has 4 atom stereocenters. The average molecular weight is 183 g/mol. The van der Waals surface area contributed by atoms with Gasteiger partial charge >= 0.3 is 0 Å².